The second-order valence-electron chi connectivity index (χ2n) is 5.43. The van der Waals surface area contributed by atoms with Gasteiger partial charge < -0.3 is 9.52 Å². The molecule has 0 saturated carbocycles. The number of rotatable bonds is 4. The molecule has 0 aliphatic heterocycles. The van der Waals surface area contributed by atoms with Crippen molar-refractivity contribution in [2.45, 2.75) is 0 Å². The average Bonchev–Trinajstić information content (AvgIpc) is 3.31. The molecule has 3 aromatic heterocycles. The van der Waals surface area contributed by atoms with Crippen molar-refractivity contribution in [2.24, 2.45) is 5.10 Å². The summed E-state index contributed by atoms with van der Waals surface area (Å²) in [5, 5.41) is 28.5. The van der Waals surface area contributed by atoms with E-state index in [4.69, 9.17) is 4.42 Å². The van der Waals surface area contributed by atoms with Crippen LogP contribution in [0.1, 0.15) is 5.56 Å². The second-order valence-corrected chi connectivity index (χ2v) is 6.29. The number of hydrogen-bond acceptors (Lipinski definition) is 8. The fourth-order valence-corrected chi connectivity index (χ4v) is 3.39. The van der Waals surface area contributed by atoms with E-state index in [9.17, 15) is 20.0 Å². The molecule has 0 saturated heterocycles. The molecule has 0 N–H and O–H groups in total. The van der Waals surface area contributed by atoms with Crippen LogP contribution in [0.4, 0.5) is 5.69 Å². The number of fused-ring (bicyclic) bond motifs is 1. The molecule has 3 heterocycles. The lowest BCUT2D eigenvalue weighted by Gasteiger charge is -2.06. The summed E-state index contributed by atoms with van der Waals surface area (Å²) in [6.45, 7) is 0. The SMILES string of the molecule is O=c1c2c(-c3ccco3)csc2ncn1/N=C\c1ccc([O-])c([N+](=O)[O-])c1. The number of furan rings is 1. The largest absolute Gasteiger partial charge is 0.868 e. The fourth-order valence-electron chi connectivity index (χ4n) is 2.51. The predicted molar refractivity (Wildman–Crippen MR) is 97.1 cm³/mol. The number of aromatic nitrogens is 2. The van der Waals surface area contributed by atoms with Gasteiger partial charge in [-0.05, 0) is 17.9 Å². The zero-order valence-corrected chi connectivity index (χ0v) is 14.3. The third kappa shape index (κ3) is 2.98. The van der Waals surface area contributed by atoms with Crippen molar-refractivity contribution in [3.05, 3.63) is 74.3 Å². The van der Waals surface area contributed by atoms with Gasteiger partial charge in [0.25, 0.3) is 11.2 Å². The summed E-state index contributed by atoms with van der Waals surface area (Å²) in [6, 6.07) is 7.03. The monoisotopic (exact) mass is 381 g/mol. The molecule has 0 unspecified atom stereocenters. The van der Waals surface area contributed by atoms with Crippen LogP contribution >= 0.6 is 11.3 Å². The lowest BCUT2D eigenvalue weighted by atomic mass is 10.2. The third-order valence-corrected chi connectivity index (χ3v) is 4.66. The summed E-state index contributed by atoms with van der Waals surface area (Å²) in [5.74, 6) is -0.151. The summed E-state index contributed by atoms with van der Waals surface area (Å²) in [7, 11) is 0. The number of nitro groups is 1. The van der Waals surface area contributed by atoms with Gasteiger partial charge in [0, 0.05) is 22.6 Å². The molecule has 0 aliphatic carbocycles. The fraction of sp³-hybridized carbons (Fsp3) is 0. The summed E-state index contributed by atoms with van der Waals surface area (Å²) in [5.41, 5.74) is -0.0325. The Balaban J connectivity index is 1.77. The van der Waals surface area contributed by atoms with Crippen LogP contribution in [0.25, 0.3) is 21.5 Å². The molecule has 0 amide bonds. The first-order valence-corrected chi connectivity index (χ1v) is 8.45. The topological polar surface area (TPSA) is 127 Å². The van der Waals surface area contributed by atoms with E-state index in [0.29, 0.717) is 27.1 Å². The first-order valence-electron chi connectivity index (χ1n) is 7.57. The lowest BCUT2D eigenvalue weighted by molar-refractivity contribution is -0.398. The summed E-state index contributed by atoms with van der Waals surface area (Å²) in [4.78, 5) is 27.6. The first kappa shape index (κ1) is 16.7. The Morgan fingerprint density at radius 1 is 1.33 bits per heavy atom. The van der Waals surface area contributed by atoms with Crippen LogP contribution in [0, 0.1) is 10.1 Å². The second kappa shape index (κ2) is 6.50. The Kier molecular flexibility index (Phi) is 4.01. The van der Waals surface area contributed by atoms with Crippen molar-refractivity contribution >= 4 is 33.5 Å². The highest BCUT2D eigenvalue weighted by molar-refractivity contribution is 7.17. The number of thiophene rings is 1. The molecule has 0 radical (unpaired) electrons. The zero-order chi connectivity index (χ0) is 19.0. The number of nitro benzene ring substituents is 1. The normalized spacial score (nSPS) is 11.4. The molecule has 0 atom stereocenters. The van der Waals surface area contributed by atoms with Crippen LogP contribution in [0.3, 0.4) is 0 Å². The number of nitrogens with zero attached hydrogens (tertiary/aromatic N) is 4. The van der Waals surface area contributed by atoms with Crippen molar-refractivity contribution in [1.29, 1.82) is 0 Å². The van der Waals surface area contributed by atoms with Gasteiger partial charge in [0.05, 0.1) is 22.8 Å². The minimum atomic E-state index is -0.763. The number of hydrogen-bond donors (Lipinski definition) is 0. The van der Waals surface area contributed by atoms with Gasteiger partial charge in [-0.1, -0.05) is 12.1 Å². The molecule has 0 fully saturated rings. The molecule has 0 spiro atoms. The van der Waals surface area contributed by atoms with E-state index in [1.807, 2.05) is 0 Å². The Hall–Kier alpha value is -3.79. The summed E-state index contributed by atoms with van der Waals surface area (Å²) >= 11 is 1.31. The minimum absolute atomic E-state index is 0.310. The smallest absolute Gasteiger partial charge is 0.283 e. The van der Waals surface area contributed by atoms with E-state index in [1.165, 1.54) is 36.2 Å². The van der Waals surface area contributed by atoms with Crippen LogP contribution in [0.2, 0.25) is 0 Å². The maximum absolute atomic E-state index is 12.8. The summed E-state index contributed by atoms with van der Waals surface area (Å²) < 4.78 is 6.38. The van der Waals surface area contributed by atoms with E-state index in [2.05, 4.69) is 10.1 Å². The van der Waals surface area contributed by atoms with Gasteiger partial charge in [-0.2, -0.15) is 9.78 Å². The van der Waals surface area contributed by atoms with Crippen molar-refractivity contribution in [1.82, 2.24) is 9.66 Å². The average molecular weight is 381 g/mol. The molecule has 4 rings (SSSR count). The van der Waals surface area contributed by atoms with Gasteiger partial charge in [-0.25, -0.2) is 4.98 Å². The van der Waals surface area contributed by atoms with E-state index in [0.717, 1.165) is 16.8 Å². The van der Waals surface area contributed by atoms with Crippen molar-refractivity contribution in [3.63, 3.8) is 0 Å². The molecule has 1 aromatic carbocycles. The summed E-state index contributed by atoms with van der Waals surface area (Å²) in [6.07, 6.45) is 4.03. The van der Waals surface area contributed by atoms with Gasteiger partial charge in [0.15, 0.2) is 0 Å². The van der Waals surface area contributed by atoms with Crippen molar-refractivity contribution < 1.29 is 14.4 Å². The molecule has 0 aliphatic rings. The molecular weight excluding hydrogens is 372 g/mol. The Morgan fingerprint density at radius 3 is 2.93 bits per heavy atom. The maximum atomic E-state index is 12.8. The van der Waals surface area contributed by atoms with E-state index >= 15 is 0 Å². The first-order chi connectivity index (χ1) is 13.0. The van der Waals surface area contributed by atoms with Gasteiger partial charge in [-0.3, -0.25) is 14.9 Å². The Labute approximate surface area is 154 Å². The van der Waals surface area contributed by atoms with Crippen LogP contribution in [-0.2, 0) is 0 Å². The molecule has 4 aromatic rings. The highest BCUT2D eigenvalue weighted by atomic mass is 32.1. The molecule has 0 bridgehead atoms. The third-order valence-electron chi connectivity index (χ3n) is 3.78. The van der Waals surface area contributed by atoms with E-state index in [-0.39, 0.29) is 0 Å². The van der Waals surface area contributed by atoms with Crippen molar-refractivity contribution in [2.75, 3.05) is 0 Å². The van der Waals surface area contributed by atoms with Gasteiger partial charge >= 0.3 is 0 Å². The van der Waals surface area contributed by atoms with Crippen LogP contribution in [0.5, 0.6) is 5.75 Å². The highest BCUT2D eigenvalue weighted by Crippen LogP contribution is 2.30. The van der Waals surface area contributed by atoms with Crippen LogP contribution in [0.15, 0.2) is 62.6 Å². The molecular formula is C17H9N4O5S-. The van der Waals surface area contributed by atoms with Crippen LogP contribution in [-0.4, -0.2) is 20.8 Å². The Bertz CT molecular complexity index is 1240. The molecule has 9 nitrogen and oxygen atoms in total. The van der Waals surface area contributed by atoms with E-state index in [1.54, 1.807) is 17.5 Å². The van der Waals surface area contributed by atoms with Gasteiger partial charge in [0.1, 0.15) is 16.9 Å². The number of benzene rings is 1. The molecule has 134 valence electrons. The van der Waals surface area contributed by atoms with Gasteiger partial charge in [0.2, 0.25) is 0 Å². The van der Waals surface area contributed by atoms with Crippen LogP contribution < -0.4 is 10.7 Å². The minimum Gasteiger partial charge on any atom is -0.868 e. The van der Waals surface area contributed by atoms with Gasteiger partial charge in [-0.15, -0.1) is 11.3 Å². The lowest BCUT2D eigenvalue weighted by Crippen LogP contribution is -2.16. The predicted octanol–water partition coefficient (Wildman–Crippen LogP) is 2.58. The highest BCUT2D eigenvalue weighted by Gasteiger charge is 2.14. The molecule has 27 heavy (non-hydrogen) atoms. The maximum Gasteiger partial charge on any atom is 0.283 e. The molecule has 10 heteroatoms. The standard InChI is InChI=1S/C17H10N4O5S/c22-13-4-3-10(6-12(13)21(24)25)7-19-20-9-18-16-15(17(20)23)11(8-27-16)14-2-1-5-26-14/h1-9,22H/p-1/b19-7-. The zero-order valence-electron chi connectivity index (χ0n) is 13.4. The quantitative estimate of drug-likeness (QED) is 0.304. The van der Waals surface area contributed by atoms with Crippen molar-refractivity contribution in [3.8, 4) is 17.1 Å². The Morgan fingerprint density at radius 2 is 2.19 bits per heavy atom. The van der Waals surface area contributed by atoms with E-state index < -0.39 is 21.9 Å².